The lowest BCUT2D eigenvalue weighted by Crippen LogP contribution is -2.56. The Kier molecular flexibility index (Phi) is 11.0. The fraction of sp³-hybridized carbons (Fsp3) is 0.239. The maximum Gasteiger partial charge on any atom is 0.255 e. The van der Waals surface area contributed by atoms with Gasteiger partial charge in [-0.25, -0.2) is 4.68 Å². The van der Waals surface area contributed by atoms with Gasteiger partial charge < -0.3 is 20.3 Å². The van der Waals surface area contributed by atoms with Crippen molar-refractivity contribution in [3.8, 4) is 11.3 Å². The minimum Gasteiger partial charge on any atom is -0.365 e. The van der Waals surface area contributed by atoms with Crippen molar-refractivity contribution in [2.75, 3.05) is 38.1 Å². The average Bonchev–Trinajstić information content (AvgIpc) is 3.89. The normalized spacial score (nSPS) is 18.3. The third-order valence-corrected chi connectivity index (χ3v) is 10.8. The number of carbonyl (C=O) groups is 3. The summed E-state index contributed by atoms with van der Waals surface area (Å²) in [5, 5.41) is 15.0. The topological polar surface area (TPSA) is 122 Å². The molecule has 11 heteroatoms. The van der Waals surface area contributed by atoms with Gasteiger partial charge in [0.1, 0.15) is 5.69 Å². The van der Waals surface area contributed by atoms with Crippen LogP contribution in [0.5, 0.6) is 0 Å². The molecule has 5 aromatic carbocycles. The molecule has 11 nitrogen and oxygen atoms in total. The van der Waals surface area contributed by atoms with E-state index < -0.39 is 11.6 Å². The number of anilines is 1. The number of aromatic nitrogens is 3. The summed E-state index contributed by atoms with van der Waals surface area (Å²) in [6.45, 7) is 5.51. The van der Waals surface area contributed by atoms with Gasteiger partial charge in [-0.2, -0.15) is 0 Å². The molecule has 3 amide bonds. The largest absolute Gasteiger partial charge is 0.365 e. The number of likely N-dealkylation sites (tertiary alicyclic amines) is 1. The molecule has 2 N–H and O–H groups in total. The molecule has 2 fully saturated rings. The quantitative estimate of drug-likeness (QED) is 0.159. The van der Waals surface area contributed by atoms with Crippen molar-refractivity contribution in [3.05, 3.63) is 173 Å². The molecule has 2 aliphatic rings. The summed E-state index contributed by atoms with van der Waals surface area (Å²) < 4.78 is 7.71. The van der Waals surface area contributed by atoms with Gasteiger partial charge in [0.25, 0.3) is 17.7 Å². The van der Waals surface area contributed by atoms with Crippen LogP contribution in [0.15, 0.2) is 140 Å². The highest BCUT2D eigenvalue weighted by atomic mass is 16.5. The van der Waals surface area contributed by atoms with Gasteiger partial charge in [-0.3, -0.25) is 19.3 Å². The second-order valence-electron chi connectivity index (χ2n) is 14.8. The van der Waals surface area contributed by atoms with Crippen LogP contribution < -0.4 is 10.6 Å². The smallest absolute Gasteiger partial charge is 0.255 e. The number of para-hydroxylation sites is 1. The van der Waals surface area contributed by atoms with Crippen molar-refractivity contribution < 1.29 is 19.1 Å². The van der Waals surface area contributed by atoms with E-state index in [0.717, 1.165) is 47.5 Å². The maximum absolute atomic E-state index is 13.9. The molecule has 0 bridgehead atoms. The predicted molar refractivity (Wildman–Crippen MR) is 218 cm³/mol. The zero-order chi connectivity index (χ0) is 39.2. The molecule has 3 heterocycles. The molecular weight excluding hydrogens is 715 g/mol. The number of nitrogens with zero attached hydrogens (tertiary/aromatic N) is 5. The van der Waals surface area contributed by atoms with Crippen molar-refractivity contribution in [1.29, 1.82) is 0 Å². The number of rotatable bonds is 11. The van der Waals surface area contributed by atoms with Crippen LogP contribution in [0, 0.1) is 6.92 Å². The van der Waals surface area contributed by atoms with Crippen molar-refractivity contribution in [1.82, 2.24) is 30.1 Å². The van der Waals surface area contributed by atoms with E-state index >= 15 is 0 Å². The first-order chi connectivity index (χ1) is 27.8. The summed E-state index contributed by atoms with van der Waals surface area (Å²) in [5.74, 6) is -0.548. The minimum atomic E-state index is -0.782. The summed E-state index contributed by atoms with van der Waals surface area (Å²) in [4.78, 5) is 44.8. The molecule has 2 unspecified atom stereocenters. The lowest BCUT2D eigenvalue weighted by molar-refractivity contribution is -0.139. The van der Waals surface area contributed by atoms with Crippen molar-refractivity contribution in [3.63, 3.8) is 0 Å². The first kappa shape index (κ1) is 37.5. The summed E-state index contributed by atoms with van der Waals surface area (Å²) >= 11 is 0. The van der Waals surface area contributed by atoms with Crippen molar-refractivity contribution in [2.24, 2.45) is 0 Å². The Labute approximate surface area is 332 Å². The second-order valence-corrected chi connectivity index (χ2v) is 14.8. The molecule has 2 aliphatic heterocycles. The summed E-state index contributed by atoms with van der Waals surface area (Å²) in [5.41, 5.74) is 6.79. The molecule has 0 spiro atoms. The highest BCUT2D eigenvalue weighted by molar-refractivity contribution is 6.06. The molecule has 0 radical (unpaired) electrons. The monoisotopic (exact) mass is 759 g/mol. The van der Waals surface area contributed by atoms with Crippen LogP contribution in [0.4, 0.5) is 5.69 Å². The number of aryl methyl sites for hydroxylation is 1. The molecule has 8 rings (SSSR count). The molecule has 1 aromatic heterocycles. The molecule has 2 atom stereocenters. The highest BCUT2D eigenvalue weighted by Gasteiger charge is 2.43. The van der Waals surface area contributed by atoms with Crippen LogP contribution in [-0.4, -0.2) is 81.4 Å². The summed E-state index contributed by atoms with van der Waals surface area (Å²) in [6, 6.07) is 43.0. The minimum absolute atomic E-state index is 0.148. The highest BCUT2D eigenvalue weighted by Crippen LogP contribution is 2.33. The van der Waals surface area contributed by atoms with Gasteiger partial charge in [0, 0.05) is 48.6 Å². The van der Waals surface area contributed by atoms with Crippen LogP contribution >= 0.6 is 0 Å². The first-order valence-electron chi connectivity index (χ1n) is 19.3. The van der Waals surface area contributed by atoms with E-state index in [1.165, 1.54) is 5.56 Å². The zero-order valence-corrected chi connectivity index (χ0v) is 31.9. The maximum atomic E-state index is 13.9. The van der Waals surface area contributed by atoms with E-state index in [2.05, 4.69) is 50.1 Å². The predicted octanol–water partition coefficient (Wildman–Crippen LogP) is 6.31. The third-order valence-electron chi connectivity index (χ3n) is 10.8. The molecule has 288 valence electrons. The van der Waals surface area contributed by atoms with Gasteiger partial charge in [-0.1, -0.05) is 108 Å². The number of nitrogens with one attached hydrogen (secondary N) is 2. The fourth-order valence-electron chi connectivity index (χ4n) is 7.72. The van der Waals surface area contributed by atoms with Crippen LogP contribution in [-0.2, 0) is 28.2 Å². The summed E-state index contributed by atoms with van der Waals surface area (Å²) in [6.07, 6.45) is 1.83. The number of morpholine rings is 1. The third kappa shape index (κ3) is 8.70. The number of ether oxygens (including phenoxy) is 1. The van der Waals surface area contributed by atoms with E-state index in [1.807, 2.05) is 122 Å². The number of benzene rings is 5. The Morgan fingerprint density at radius 3 is 2.26 bits per heavy atom. The van der Waals surface area contributed by atoms with Gasteiger partial charge in [-0.15, -0.1) is 5.10 Å². The standard InChI is InChI=1S/C46H45N7O4/c1-33-17-20-37(27-40(33)43(54)47-39-15-9-4-10-16-39)41-30-53(50-49-41)29-35-18-21-36(22-19-35)45(56)52-25-26-57-42(31-52)44(55)48-46(38-13-7-3-8-14-38)23-24-51(32-46)28-34-11-5-2-6-12-34/h2-22,27,30,42H,23-26,28-29,31-32H2,1H3,(H,47,54)(H,48,55). The number of hydrogen-bond donors (Lipinski definition) is 2. The lowest BCUT2D eigenvalue weighted by Gasteiger charge is -2.36. The Morgan fingerprint density at radius 1 is 0.807 bits per heavy atom. The van der Waals surface area contributed by atoms with Gasteiger partial charge in [0.2, 0.25) is 0 Å². The van der Waals surface area contributed by atoms with E-state index in [0.29, 0.717) is 36.5 Å². The number of amides is 3. The summed E-state index contributed by atoms with van der Waals surface area (Å²) in [7, 11) is 0. The molecule has 0 aliphatic carbocycles. The van der Waals surface area contributed by atoms with Crippen molar-refractivity contribution >= 4 is 23.4 Å². The SMILES string of the molecule is Cc1ccc(-c2cn(Cc3ccc(C(=O)N4CCOC(C(=O)NC5(c6ccccc6)CCN(Cc6ccccc6)C5)C4)cc3)nn2)cc1C(=O)Nc1ccccc1. The molecule has 6 aromatic rings. The van der Waals surface area contributed by atoms with Crippen molar-refractivity contribution in [2.45, 2.75) is 38.1 Å². The van der Waals surface area contributed by atoms with Gasteiger partial charge in [0.15, 0.2) is 6.10 Å². The second kappa shape index (κ2) is 16.7. The van der Waals surface area contributed by atoms with Gasteiger partial charge in [0.05, 0.1) is 31.4 Å². The average molecular weight is 760 g/mol. The van der Waals surface area contributed by atoms with E-state index in [1.54, 1.807) is 9.58 Å². The Morgan fingerprint density at radius 2 is 1.51 bits per heavy atom. The van der Waals surface area contributed by atoms with E-state index in [4.69, 9.17) is 4.74 Å². The van der Waals surface area contributed by atoms with Gasteiger partial charge >= 0.3 is 0 Å². The molecule has 2 saturated heterocycles. The Hall–Kier alpha value is -6.43. The van der Waals surface area contributed by atoms with Crippen LogP contribution in [0.1, 0.15) is 49.4 Å². The van der Waals surface area contributed by atoms with E-state index in [-0.39, 0.29) is 30.9 Å². The van der Waals surface area contributed by atoms with Gasteiger partial charge in [-0.05, 0) is 65.9 Å². The number of hydrogen-bond acceptors (Lipinski definition) is 7. The molecule has 0 saturated carbocycles. The molecular formula is C46H45N7O4. The van der Waals surface area contributed by atoms with E-state index in [9.17, 15) is 14.4 Å². The zero-order valence-electron chi connectivity index (χ0n) is 31.9. The Balaban J connectivity index is 0.887. The Bertz CT molecular complexity index is 2330. The first-order valence-corrected chi connectivity index (χ1v) is 19.3. The fourth-order valence-corrected chi connectivity index (χ4v) is 7.72. The molecule has 57 heavy (non-hydrogen) atoms. The number of carbonyl (C=O) groups excluding carboxylic acids is 3. The van der Waals surface area contributed by atoms with Crippen LogP contribution in [0.25, 0.3) is 11.3 Å². The van der Waals surface area contributed by atoms with Crippen LogP contribution in [0.2, 0.25) is 0 Å². The van der Waals surface area contributed by atoms with Crippen LogP contribution in [0.3, 0.4) is 0 Å². The lowest BCUT2D eigenvalue weighted by atomic mass is 9.88.